The summed E-state index contributed by atoms with van der Waals surface area (Å²) in [5.41, 5.74) is 6.06. The van der Waals surface area contributed by atoms with Crippen molar-refractivity contribution in [3.8, 4) is 0 Å². The molecule has 0 radical (unpaired) electrons. The van der Waals surface area contributed by atoms with E-state index in [0.717, 1.165) is 4.68 Å². The Hall–Kier alpha value is -2.35. The van der Waals surface area contributed by atoms with Crippen LogP contribution in [-0.4, -0.2) is 29.9 Å². The topological polar surface area (TPSA) is 104 Å². The van der Waals surface area contributed by atoms with Gasteiger partial charge in [-0.3, -0.25) is 0 Å². The van der Waals surface area contributed by atoms with Gasteiger partial charge < -0.3 is 10.5 Å². The molecule has 0 amide bonds. The fourth-order valence-corrected chi connectivity index (χ4v) is 4.33. The smallest absolute Gasteiger partial charge is 0.435 e. The summed E-state index contributed by atoms with van der Waals surface area (Å²) in [6.45, 7) is 8.80. The van der Waals surface area contributed by atoms with Crippen molar-refractivity contribution >= 4 is 21.6 Å². The van der Waals surface area contributed by atoms with Crippen LogP contribution in [0.1, 0.15) is 46.0 Å². The van der Waals surface area contributed by atoms with Crippen LogP contribution in [0.3, 0.4) is 0 Å². The van der Waals surface area contributed by atoms with Gasteiger partial charge in [0.15, 0.2) is 0 Å². The van der Waals surface area contributed by atoms with Gasteiger partial charge in [0.1, 0.15) is 10.5 Å². The van der Waals surface area contributed by atoms with Crippen LogP contribution in [0.25, 0.3) is 0 Å². The first-order valence-electron chi connectivity index (χ1n) is 8.46. The van der Waals surface area contributed by atoms with Crippen LogP contribution in [0, 0.1) is 0 Å². The van der Waals surface area contributed by atoms with E-state index in [0.29, 0.717) is 29.9 Å². The average Bonchev–Trinajstić information content (AvgIpc) is 2.93. The molecule has 7 nitrogen and oxygen atoms in total. The number of carbonyl (C=O) groups is 1. The average molecular weight is 379 g/mol. The number of nitrogens with two attached hydrogens (primary N) is 1. The van der Waals surface area contributed by atoms with E-state index < -0.39 is 21.5 Å². The number of aromatic nitrogens is 2. The van der Waals surface area contributed by atoms with Crippen molar-refractivity contribution in [2.24, 2.45) is 0 Å². The second-order valence-corrected chi connectivity index (χ2v) is 8.78. The SMILES string of the molecule is CCc1nn(C(=O)OC(C)(C)C)c(CC)c1S(=O)(=O)c1ccc(N)cc1. The third kappa shape index (κ3) is 3.90. The quantitative estimate of drug-likeness (QED) is 0.818. The Kier molecular flexibility index (Phi) is 5.46. The second-order valence-electron chi connectivity index (χ2n) is 6.89. The number of anilines is 1. The van der Waals surface area contributed by atoms with Crippen LogP contribution < -0.4 is 5.73 Å². The van der Waals surface area contributed by atoms with Crippen LogP contribution in [0.2, 0.25) is 0 Å². The minimum atomic E-state index is -3.84. The molecule has 0 aliphatic rings. The summed E-state index contributed by atoms with van der Waals surface area (Å²) in [5.74, 6) is 0. The molecule has 0 saturated carbocycles. The first-order chi connectivity index (χ1) is 12.0. The predicted octanol–water partition coefficient (Wildman–Crippen LogP) is 3.21. The van der Waals surface area contributed by atoms with E-state index in [4.69, 9.17) is 10.5 Å². The van der Waals surface area contributed by atoms with Gasteiger partial charge in [-0.15, -0.1) is 0 Å². The highest BCUT2D eigenvalue weighted by atomic mass is 32.2. The lowest BCUT2D eigenvalue weighted by atomic mass is 10.2. The molecule has 0 aliphatic heterocycles. The maximum Gasteiger partial charge on any atom is 0.435 e. The molecule has 1 aromatic heterocycles. The number of carbonyl (C=O) groups excluding carboxylic acids is 1. The van der Waals surface area contributed by atoms with E-state index in [9.17, 15) is 13.2 Å². The third-order valence-corrected chi connectivity index (χ3v) is 5.60. The van der Waals surface area contributed by atoms with Crippen molar-refractivity contribution < 1.29 is 17.9 Å². The summed E-state index contributed by atoms with van der Waals surface area (Å²) >= 11 is 0. The maximum absolute atomic E-state index is 13.2. The number of hydrogen-bond donors (Lipinski definition) is 1. The lowest BCUT2D eigenvalue weighted by molar-refractivity contribution is 0.0508. The summed E-state index contributed by atoms with van der Waals surface area (Å²) in [5, 5.41) is 4.23. The van der Waals surface area contributed by atoms with Crippen LogP contribution in [-0.2, 0) is 27.4 Å². The van der Waals surface area contributed by atoms with Gasteiger partial charge in [0.2, 0.25) is 9.84 Å². The maximum atomic E-state index is 13.2. The third-order valence-electron chi connectivity index (χ3n) is 3.70. The van der Waals surface area contributed by atoms with Gasteiger partial charge in [-0.1, -0.05) is 13.8 Å². The molecule has 1 heterocycles. The van der Waals surface area contributed by atoms with E-state index in [2.05, 4.69) is 5.10 Å². The van der Waals surface area contributed by atoms with Crippen LogP contribution in [0.4, 0.5) is 10.5 Å². The molecule has 0 aliphatic carbocycles. The molecule has 0 fully saturated rings. The highest BCUT2D eigenvalue weighted by molar-refractivity contribution is 7.91. The summed E-state index contributed by atoms with van der Waals surface area (Å²) < 4.78 is 32.8. The molecule has 26 heavy (non-hydrogen) atoms. The molecular formula is C18H25N3O4S. The monoisotopic (exact) mass is 379 g/mol. The molecule has 2 aromatic rings. The van der Waals surface area contributed by atoms with Crippen molar-refractivity contribution in [2.75, 3.05) is 5.73 Å². The van der Waals surface area contributed by atoms with E-state index in [1.165, 1.54) is 24.3 Å². The molecule has 2 rings (SSSR count). The molecular weight excluding hydrogens is 354 g/mol. The number of hydrogen-bond acceptors (Lipinski definition) is 6. The number of aryl methyl sites for hydroxylation is 1. The Labute approximate surface area is 154 Å². The van der Waals surface area contributed by atoms with Gasteiger partial charge in [-0.05, 0) is 57.9 Å². The van der Waals surface area contributed by atoms with Gasteiger partial charge >= 0.3 is 6.09 Å². The number of nitrogens with zero attached hydrogens (tertiary/aromatic N) is 2. The number of ether oxygens (including phenoxy) is 1. The highest BCUT2D eigenvalue weighted by Crippen LogP contribution is 2.29. The van der Waals surface area contributed by atoms with Crippen molar-refractivity contribution in [1.29, 1.82) is 0 Å². The van der Waals surface area contributed by atoms with Crippen LogP contribution >= 0.6 is 0 Å². The normalized spacial score (nSPS) is 12.2. The Morgan fingerprint density at radius 1 is 1.15 bits per heavy atom. The van der Waals surface area contributed by atoms with E-state index in [1.54, 1.807) is 34.6 Å². The van der Waals surface area contributed by atoms with Gasteiger partial charge in [0.05, 0.1) is 16.3 Å². The summed E-state index contributed by atoms with van der Waals surface area (Å²) in [4.78, 5) is 12.7. The highest BCUT2D eigenvalue weighted by Gasteiger charge is 2.32. The standard InChI is InChI=1S/C18H25N3O4S/c1-6-14-16(26(23,24)13-10-8-12(19)9-11-13)15(7-2)21(20-14)17(22)25-18(3,4)5/h8-11H,6-7,19H2,1-5H3. The molecule has 0 atom stereocenters. The lowest BCUT2D eigenvalue weighted by Crippen LogP contribution is -2.29. The first-order valence-corrected chi connectivity index (χ1v) is 9.94. The molecule has 0 unspecified atom stereocenters. The number of sulfone groups is 1. The molecule has 0 bridgehead atoms. The fourth-order valence-electron chi connectivity index (χ4n) is 2.56. The second kappa shape index (κ2) is 7.11. The summed E-state index contributed by atoms with van der Waals surface area (Å²) in [6, 6.07) is 5.97. The minimum absolute atomic E-state index is 0.0677. The Morgan fingerprint density at radius 2 is 1.73 bits per heavy atom. The largest absolute Gasteiger partial charge is 0.442 e. The van der Waals surface area contributed by atoms with Gasteiger partial charge in [-0.2, -0.15) is 9.78 Å². The zero-order chi connectivity index (χ0) is 19.7. The Bertz CT molecular complexity index is 907. The minimum Gasteiger partial charge on any atom is -0.442 e. The Balaban J connectivity index is 2.65. The zero-order valence-electron chi connectivity index (χ0n) is 15.7. The first kappa shape index (κ1) is 20.0. The Morgan fingerprint density at radius 3 is 2.19 bits per heavy atom. The molecule has 0 saturated heterocycles. The summed E-state index contributed by atoms with van der Waals surface area (Å²) in [6.07, 6.45) is -0.00920. The summed E-state index contributed by atoms with van der Waals surface area (Å²) in [7, 11) is -3.84. The van der Waals surface area contributed by atoms with Crippen molar-refractivity contribution in [2.45, 2.75) is 62.9 Å². The van der Waals surface area contributed by atoms with Gasteiger partial charge in [-0.25, -0.2) is 13.2 Å². The molecule has 142 valence electrons. The van der Waals surface area contributed by atoms with Gasteiger partial charge in [0, 0.05) is 5.69 Å². The fraction of sp³-hybridized carbons (Fsp3) is 0.444. The van der Waals surface area contributed by atoms with Crippen molar-refractivity contribution in [3.63, 3.8) is 0 Å². The molecule has 2 N–H and O–H groups in total. The van der Waals surface area contributed by atoms with E-state index in [-0.39, 0.29) is 9.79 Å². The van der Waals surface area contributed by atoms with Crippen molar-refractivity contribution in [3.05, 3.63) is 35.7 Å². The van der Waals surface area contributed by atoms with E-state index in [1.807, 2.05) is 0 Å². The van der Waals surface area contributed by atoms with Gasteiger partial charge in [0.25, 0.3) is 0 Å². The molecule has 0 spiro atoms. The number of benzene rings is 1. The zero-order valence-corrected chi connectivity index (χ0v) is 16.6. The predicted molar refractivity (Wildman–Crippen MR) is 98.9 cm³/mol. The van der Waals surface area contributed by atoms with Crippen molar-refractivity contribution in [1.82, 2.24) is 9.78 Å². The molecule has 1 aromatic carbocycles. The molecule has 8 heteroatoms. The van der Waals surface area contributed by atoms with Crippen LogP contribution in [0.5, 0.6) is 0 Å². The van der Waals surface area contributed by atoms with E-state index >= 15 is 0 Å². The number of nitrogen functional groups attached to an aromatic ring is 1. The lowest BCUT2D eigenvalue weighted by Gasteiger charge is -2.19. The van der Waals surface area contributed by atoms with Crippen LogP contribution in [0.15, 0.2) is 34.1 Å². The number of rotatable bonds is 4.